The summed E-state index contributed by atoms with van der Waals surface area (Å²) in [6.45, 7) is -0.202. The number of carboxylic acid groups (broad SMARTS) is 1. The van der Waals surface area contributed by atoms with Gasteiger partial charge in [0.25, 0.3) is 5.91 Å². The van der Waals surface area contributed by atoms with Crippen LogP contribution in [-0.2, 0) is 92.5 Å². The molecular formula is C60H89FN16O20S3. The van der Waals surface area contributed by atoms with E-state index in [1.54, 1.807) is 37.4 Å². The van der Waals surface area contributed by atoms with Crippen molar-refractivity contribution < 1.29 is 101 Å². The van der Waals surface area contributed by atoms with Gasteiger partial charge in [-0.15, -0.1) is 11.8 Å². The average molecular weight is 1470 g/mol. The fraction of sp³-hybridized carbons (Fsp3) is 0.550. The molecule has 36 nitrogen and oxygen atoms in total. The summed E-state index contributed by atoms with van der Waals surface area (Å²) in [6, 6.07) is 3.31. The number of rotatable bonds is 33. The number of ether oxygens (including phenoxy) is 4. The molecule has 2 aromatic carbocycles. The Morgan fingerprint density at radius 3 is 1.87 bits per heavy atom. The zero-order valence-corrected chi connectivity index (χ0v) is 57.4. The van der Waals surface area contributed by atoms with Gasteiger partial charge < -0.3 is 110 Å². The molecule has 2 bridgehead atoms. The highest BCUT2D eigenvalue weighted by molar-refractivity contribution is 8.76. The van der Waals surface area contributed by atoms with E-state index in [0.717, 1.165) is 33.3 Å². The number of unbranched alkanes of at least 4 members (excludes halogenated alkanes) is 1. The summed E-state index contributed by atoms with van der Waals surface area (Å²) in [5, 5.41) is 50.7. The molecule has 2 heterocycles. The van der Waals surface area contributed by atoms with E-state index in [4.69, 9.17) is 46.1 Å². The van der Waals surface area contributed by atoms with Gasteiger partial charge in [0, 0.05) is 57.0 Å². The Bertz CT molecular complexity index is 3020. The van der Waals surface area contributed by atoms with E-state index in [9.17, 15) is 71.8 Å². The molecular weight excluding hydrogens is 1380 g/mol. The number of amides is 12. The van der Waals surface area contributed by atoms with Gasteiger partial charge in [-0.3, -0.25) is 67.3 Å². The number of aliphatic imine (C=N–C) groups is 1. The second-order valence-electron chi connectivity index (χ2n) is 21.5. The van der Waals surface area contributed by atoms with E-state index < -0.39 is 139 Å². The predicted molar refractivity (Wildman–Crippen MR) is 365 cm³/mol. The quantitative estimate of drug-likeness (QED) is 0.0104. The van der Waals surface area contributed by atoms with Crippen LogP contribution in [0.3, 0.4) is 0 Å². The smallest absolute Gasteiger partial charge is 0.305 e. The molecule has 19 N–H and O–H groups in total. The fourth-order valence-electron chi connectivity index (χ4n) is 8.50. The number of aliphatic hydroxyl groups excluding tert-OH is 1. The molecule has 0 spiro atoms. The van der Waals surface area contributed by atoms with Gasteiger partial charge in [0.05, 0.1) is 64.6 Å². The zero-order chi connectivity index (χ0) is 73.5. The lowest BCUT2D eigenvalue weighted by Crippen LogP contribution is -2.60. The van der Waals surface area contributed by atoms with Gasteiger partial charge in [-0.05, 0) is 55.4 Å². The first-order chi connectivity index (χ1) is 48.0. The van der Waals surface area contributed by atoms with Crippen molar-refractivity contribution in [1.82, 2.24) is 58.5 Å². The molecule has 554 valence electrons. The molecule has 100 heavy (non-hydrogen) atoms. The van der Waals surface area contributed by atoms with Crippen LogP contribution in [0.4, 0.5) is 4.39 Å². The molecule has 2 aliphatic rings. The van der Waals surface area contributed by atoms with E-state index >= 15 is 0 Å². The first-order valence-corrected chi connectivity index (χ1v) is 35.0. The first kappa shape index (κ1) is 85.3. The lowest BCUT2D eigenvalue weighted by molar-refractivity contribution is -0.141. The Labute approximate surface area is 587 Å². The maximum Gasteiger partial charge on any atom is 0.305 e. The van der Waals surface area contributed by atoms with Crippen molar-refractivity contribution in [3.05, 3.63) is 71.5 Å². The van der Waals surface area contributed by atoms with Gasteiger partial charge in [-0.2, -0.15) is 0 Å². The lowest BCUT2D eigenvalue weighted by atomic mass is 10.0. The molecule has 2 aliphatic heterocycles. The van der Waals surface area contributed by atoms with Crippen molar-refractivity contribution in [2.75, 3.05) is 122 Å². The normalized spacial score (nSPS) is 20.0. The number of hydrogen-bond acceptors (Lipinski definition) is 24. The average Bonchev–Trinajstić information content (AvgIpc) is 0.996. The van der Waals surface area contributed by atoms with Crippen LogP contribution < -0.4 is 75.7 Å². The molecule has 0 aliphatic carbocycles. The number of thioether (sulfide) groups is 1. The van der Waals surface area contributed by atoms with Crippen molar-refractivity contribution in [2.24, 2.45) is 27.3 Å². The number of hydrogen-bond donors (Lipinski definition) is 16. The Balaban J connectivity index is 0.00000143. The van der Waals surface area contributed by atoms with Gasteiger partial charge in [0.15, 0.2) is 12.6 Å². The maximum atomic E-state index is 14.5. The van der Waals surface area contributed by atoms with Crippen molar-refractivity contribution >= 4 is 122 Å². The first-order valence-electron chi connectivity index (χ1n) is 31.3. The number of aliphatic hydroxyl groups is 1. The number of nitrogens with zero attached hydrogens (tertiary/aromatic N) is 2. The van der Waals surface area contributed by atoms with Gasteiger partial charge in [-0.1, -0.05) is 69.2 Å². The van der Waals surface area contributed by atoms with Crippen LogP contribution in [0.2, 0.25) is 0 Å². The number of primary amides is 1. The highest BCUT2D eigenvalue weighted by Crippen LogP contribution is 2.24. The van der Waals surface area contributed by atoms with Gasteiger partial charge >= 0.3 is 5.97 Å². The Morgan fingerprint density at radius 2 is 1.22 bits per heavy atom. The summed E-state index contributed by atoms with van der Waals surface area (Å²) in [5.41, 5.74) is 16.9. The summed E-state index contributed by atoms with van der Waals surface area (Å²) in [5.74, 6) is -13.1. The van der Waals surface area contributed by atoms with E-state index in [1.807, 2.05) is 0 Å². The predicted octanol–water partition coefficient (Wildman–Crippen LogP) is -5.72. The second kappa shape index (κ2) is 50.4. The van der Waals surface area contributed by atoms with Crippen LogP contribution in [0.1, 0.15) is 49.7 Å². The van der Waals surface area contributed by atoms with Gasteiger partial charge in [-0.25, -0.2) is 4.39 Å². The number of aliphatic carboxylic acids is 1. The molecule has 0 aromatic heterocycles. The number of carboxylic acids is 1. The van der Waals surface area contributed by atoms with Crippen molar-refractivity contribution in [3.63, 3.8) is 0 Å². The van der Waals surface area contributed by atoms with Crippen LogP contribution in [0.25, 0.3) is 0 Å². The molecule has 2 fully saturated rings. The monoisotopic (exact) mass is 1470 g/mol. The molecule has 7 atom stereocenters. The minimum Gasteiger partial charge on any atom is -0.481 e. The number of nitrogens with two attached hydrogens (primary N) is 3. The fourth-order valence-corrected chi connectivity index (χ4v) is 11.7. The summed E-state index contributed by atoms with van der Waals surface area (Å²) < 4.78 is 33.1. The number of guanidine groups is 1. The number of halogens is 1. The van der Waals surface area contributed by atoms with Crippen LogP contribution in [0.5, 0.6) is 0 Å². The molecule has 2 saturated heterocycles. The molecule has 0 saturated carbocycles. The summed E-state index contributed by atoms with van der Waals surface area (Å²) in [6.07, 6.45) is 0.542. The summed E-state index contributed by atoms with van der Waals surface area (Å²) in [7, 11) is 3.41. The molecule has 4 rings (SSSR count). The highest BCUT2D eigenvalue weighted by Gasteiger charge is 2.35. The number of benzene rings is 2. The SMILES string of the molecule is COCCOCCNC(=O)COCC(N)=O.NC(N)=NCCC[C@@H]1NC(=O)[C@@H]2CSSC[C@H](NC(=O)[C@H](CC(=O)O)NC(=O)CNC1=O)C(=O)N[C@@H](Cc1ccccc1)C(=O)N[C@H](C(=O)NCCOCCO)CSCC(=O)N[C@@H](CCCCNC(=O)CO/N=C/c1ccc(F)cc1)C(=O)N2. The van der Waals surface area contributed by atoms with Crippen molar-refractivity contribution in [2.45, 2.75) is 87.2 Å². The van der Waals surface area contributed by atoms with Gasteiger partial charge in [0.1, 0.15) is 61.3 Å². The van der Waals surface area contributed by atoms with Crippen LogP contribution in [-0.4, -0.2) is 264 Å². The van der Waals surface area contributed by atoms with Crippen LogP contribution in [0.15, 0.2) is 64.7 Å². The molecule has 2 aromatic rings. The number of fused-ring (bicyclic) bond motifs is 5. The van der Waals surface area contributed by atoms with Crippen molar-refractivity contribution in [3.8, 4) is 0 Å². The van der Waals surface area contributed by atoms with Gasteiger partial charge in [0.2, 0.25) is 65.0 Å². The number of nitrogens with one attached hydrogen (secondary N) is 11. The van der Waals surface area contributed by atoms with E-state index in [1.165, 1.54) is 30.5 Å². The Hall–Kier alpha value is -8.93. The van der Waals surface area contributed by atoms with Crippen LogP contribution >= 0.6 is 33.3 Å². The number of carbonyl (C=O) groups is 13. The third-order valence-corrected chi connectivity index (χ3v) is 16.9. The third kappa shape index (κ3) is 38.4. The number of oxime groups is 1. The second-order valence-corrected chi connectivity index (χ2v) is 25.1. The summed E-state index contributed by atoms with van der Waals surface area (Å²) >= 11 is 0.892. The number of carbonyl (C=O) groups excluding carboxylic acids is 12. The lowest BCUT2D eigenvalue weighted by Gasteiger charge is -2.27. The molecule has 12 amide bonds. The number of methoxy groups -OCH3 is 1. The minimum absolute atomic E-state index is 0.00740. The van der Waals surface area contributed by atoms with E-state index in [0.29, 0.717) is 37.5 Å². The van der Waals surface area contributed by atoms with E-state index in [-0.39, 0.29) is 126 Å². The Morgan fingerprint density at radius 1 is 0.620 bits per heavy atom. The van der Waals surface area contributed by atoms with Crippen molar-refractivity contribution in [1.29, 1.82) is 0 Å². The molecule has 0 radical (unpaired) electrons. The zero-order valence-electron chi connectivity index (χ0n) is 55.0. The van der Waals surface area contributed by atoms with Crippen LogP contribution in [0, 0.1) is 5.82 Å². The topological polar surface area (TPSA) is 544 Å². The molecule has 40 heteroatoms. The Kier molecular flexibility index (Phi) is 43.0. The highest BCUT2D eigenvalue weighted by atomic mass is 33.1. The summed E-state index contributed by atoms with van der Waals surface area (Å²) in [4.78, 5) is 181. The minimum atomic E-state index is -1.81. The third-order valence-electron chi connectivity index (χ3n) is 13.4. The van der Waals surface area contributed by atoms with E-state index in [2.05, 4.69) is 68.6 Å². The standard InChI is InChI=1S/C51H71FN14O15S3.C9H18N2O5/c52-32-13-11-31(12-14-32)23-59-81-25-41(69)55-15-5-4-9-34-46(75)65-38-27-83-84-28-39(66-48(77)36(22-43(71)72)61-40(68)24-58-44(73)33(62-49(38)78)10-6-16-57-51(53)54)50(79)63-35(21-30-7-2-1-3-8-30)47(76)64-37(26-82-29-42(70)60-34)45(74)56-17-19-80-20-18-67;1-14-4-5-15-3-2-11-9(13)7-16-6-8(10)12/h1-3,7-8,11-14,23,33-39,67H,4-6,9-10,15-22,24-29H2,(H,55,69)(H,56,74)(H,58,73)(H,60,70)(H,61,68)(H,62,78)(H,63,79)(H,64,76)(H,65,75)(H,66,77)(H,71,72)(H4,53,54,57);2-7H2,1H3,(H2,10,12)(H,11,13)/b59-23+;/t33-,34-,35-,36-,37-,38-,39-;/m0./s1. The maximum absolute atomic E-state index is 14.5. The largest absolute Gasteiger partial charge is 0.481 e. The molecule has 0 unspecified atom stereocenters.